The fourth-order valence-corrected chi connectivity index (χ4v) is 3.37. The van der Waals surface area contributed by atoms with Crippen molar-refractivity contribution in [1.29, 1.82) is 0 Å². The number of rotatable bonds is 5. The second-order valence-electron chi connectivity index (χ2n) is 6.40. The Labute approximate surface area is 140 Å². The number of hydrogen-bond donors (Lipinski definition) is 0. The normalized spacial score (nSPS) is 18.5. The number of furan rings is 1. The molecular weight excluding hydrogens is 306 g/mol. The van der Waals surface area contributed by atoms with Crippen molar-refractivity contribution in [1.82, 2.24) is 24.8 Å². The summed E-state index contributed by atoms with van der Waals surface area (Å²) in [7, 11) is 0. The van der Waals surface area contributed by atoms with Gasteiger partial charge in [0.05, 0.1) is 30.6 Å². The van der Waals surface area contributed by atoms with Crippen molar-refractivity contribution in [3.63, 3.8) is 0 Å². The Morgan fingerprint density at radius 3 is 3.00 bits per heavy atom. The lowest BCUT2D eigenvalue weighted by Gasteiger charge is -2.23. The van der Waals surface area contributed by atoms with Crippen LogP contribution < -0.4 is 0 Å². The molecule has 0 radical (unpaired) electrons. The Balaban J connectivity index is 1.44. The van der Waals surface area contributed by atoms with Crippen LogP contribution in [0.25, 0.3) is 11.4 Å². The highest BCUT2D eigenvalue weighted by atomic mass is 16.5. The van der Waals surface area contributed by atoms with Crippen LogP contribution in [0.1, 0.15) is 30.1 Å². The van der Waals surface area contributed by atoms with Gasteiger partial charge in [-0.1, -0.05) is 5.16 Å². The molecule has 4 rings (SSSR count). The summed E-state index contributed by atoms with van der Waals surface area (Å²) in [5.74, 6) is 1.22. The van der Waals surface area contributed by atoms with Gasteiger partial charge in [-0.25, -0.2) is 0 Å². The highest BCUT2D eigenvalue weighted by Gasteiger charge is 2.27. The maximum atomic E-state index is 5.41. The van der Waals surface area contributed by atoms with Gasteiger partial charge in [-0.3, -0.25) is 9.58 Å². The largest absolute Gasteiger partial charge is 0.472 e. The van der Waals surface area contributed by atoms with Gasteiger partial charge in [-0.2, -0.15) is 10.1 Å². The molecule has 0 saturated carbocycles. The van der Waals surface area contributed by atoms with Gasteiger partial charge >= 0.3 is 0 Å². The molecule has 1 saturated heterocycles. The van der Waals surface area contributed by atoms with Gasteiger partial charge in [0.25, 0.3) is 0 Å². The summed E-state index contributed by atoms with van der Waals surface area (Å²) >= 11 is 0. The van der Waals surface area contributed by atoms with Gasteiger partial charge in [0.2, 0.25) is 11.7 Å². The van der Waals surface area contributed by atoms with Crippen LogP contribution in [-0.2, 0) is 13.1 Å². The lowest BCUT2D eigenvalue weighted by molar-refractivity contribution is 0.191. The molecule has 7 heteroatoms. The minimum atomic E-state index is 0.451. The summed E-state index contributed by atoms with van der Waals surface area (Å²) in [5, 5.41) is 8.62. The quantitative estimate of drug-likeness (QED) is 0.717. The molecule has 1 unspecified atom stereocenters. The molecule has 7 nitrogen and oxygen atoms in total. The van der Waals surface area contributed by atoms with Crippen LogP contribution in [0.3, 0.4) is 0 Å². The molecule has 3 aromatic heterocycles. The van der Waals surface area contributed by atoms with Gasteiger partial charge in [0.1, 0.15) is 6.26 Å². The number of aryl methyl sites for hydroxylation is 2. The third-order valence-corrected chi connectivity index (χ3v) is 4.57. The van der Waals surface area contributed by atoms with Gasteiger partial charge < -0.3 is 8.94 Å². The van der Waals surface area contributed by atoms with Crippen molar-refractivity contribution in [2.75, 3.05) is 6.54 Å². The maximum Gasteiger partial charge on any atom is 0.241 e. The lowest BCUT2D eigenvalue weighted by atomic mass is 10.2. The zero-order valence-electron chi connectivity index (χ0n) is 14.0. The highest BCUT2D eigenvalue weighted by Crippen LogP contribution is 2.23. The predicted molar refractivity (Wildman–Crippen MR) is 87.1 cm³/mol. The Kier molecular flexibility index (Phi) is 3.93. The second kappa shape index (κ2) is 6.24. The van der Waals surface area contributed by atoms with Gasteiger partial charge in [0.15, 0.2) is 0 Å². The Hall–Kier alpha value is -2.41. The molecular formula is C17H21N5O2. The van der Waals surface area contributed by atoms with E-state index >= 15 is 0 Å². The van der Waals surface area contributed by atoms with Crippen molar-refractivity contribution in [3.8, 4) is 11.4 Å². The monoisotopic (exact) mass is 327 g/mol. The summed E-state index contributed by atoms with van der Waals surface area (Å²) in [5.41, 5.74) is 3.11. The molecule has 24 heavy (non-hydrogen) atoms. The van der Waals surface area contributed by atoms with Crippen LogP contribution in [0.5, 0.6) is 0 Å². The van der Waals surface area contributed by atoms with Crippen molar-refractivity contribution < 1.29 is 8.94 Å². The number of likely N-dealkylation sites (tertiary alicyclic amines) is 1. The molecule has 0 aliphatic carbocycles. The maximum absolute atomic E-state index is 5.41. The molecule has 1 aliphatic rings. The van der Waals surface area contributed by atoms with Crippen LogP contribution in [-0.4, -0.2) is 37.4 Å². The first-order valence-corrected chi connectivity index (χ1v) is 8.29. The van der Waals surface area contributed by atoms with Crippen molar-refractivity contribution >= 4 is 0 Å². The predicted octanol–water partition coefficient (Wildman–Crippen LogP) is 2.81. The van der Waals surface area contributed by atoms with Crippen molar-refractivity contribution in [2.45, 2.75) is 45.8 Å². The topological polar surface area (TPSA) is 73.1 Å². The second-order valence-corrected chi connectivity index (χ2v) is 6.40. The van der Waals surface area contributed by atoms with E-state index in [-0.39, 0.29) is 0 Å². The molecule has 0 spiro atoms. The fraction of sp³-hybridized carbons (Fsp3) is 0.471. The smallest absolute Gasteiger partial charge is 0.241 e. The van der Waals surface area contributed by atoms with E-state index in [1.54, 1.807) is 12.5 Å². The molecule has 0 N–H and O–H groups in total. The molecule has 0 aromatic carbocycles. The van der Waals surface area contributed by atoms with Crippen LogP contribution in [0.4, 0.5) is 0 Å². The van der Waals surface area contributed by atoms with E-state index in [1.165, 1.54) is 18.5 Å². The van der Waals surface area contributed by atoms with Gasteiger partial charge in [0, 0.05) is 11.7 Å². The Morgan fingerprint density at radius 2 is 2.25 bits per heavy atom. The molecule has 3 aromatic rings. The lowest BCUT2D eigenvalue weighted by Crippen LogP contribution is -2.33. The third kappa shape index (κ3) is 2.99. The zero-order valence-corrected chi connectivity index (χ0v) is 14.0. The van der Waals surface area contributed by atoms with E-state index in [0.717, 1.165) is 24.3 Å². The first-order valence-electron chi connectivity index (χ1n) is 8.29. The minimum absolute atomic E-state index is 0.451. The molecule has 4 heterocycles. The first-order chi connectivity index (χ1) is 11.7. The molecule has 1 fully saturated rings. The van der Waals surface area contributed by atoms with Crippen molar-refractivity contribution in [3.05, 3.63) is 41.9 Å². The van der Waals surface area contributed by atoms with Crippen molar-refractivity contribution in [2.24, 2.45) is 0 Å². The number of aromatic nitrogens is 4. The average Bonchev–Trinajstić information content (AvgIpc) is 3.30. The summed E-state index contributed by atoms with van der Waals surface area (Å²) in [6.45, 7) is 6.77. The van der Waals surface area contributed by atoms with E-state index in [2.05, 4.69) is 37.8 Å². The molecule has 0 bridgehead atoms. The zero-order chi connectivity index (χ0) is 16.5. The summed E-state index contributed by atoms with van der Waals surface area (Å²) < 4.78 is 12.6. The number of nitrogens with zero attached hydrogens (tertiary/aromatic N) is 5. The van der Waals surface area contributed by atoms with Gasteiger partial charge in [-0.05, 0) is 45.4 Å². The number of hydrogen-bond acceptors (Lipinski definition) is 6. The summed E-state index contributed by atoms with van der Waals surface area (Å²) in [4.78, 5) is 6.88. The van der Waals surface area contributed by atoms with E-state index < -0.39 is 0 Å². The minimum Gasteiger partial charge on any atom is -0.472 e. The average molecular weight is 327 g/mol. The Morgan fingerprint density at radius 1 is 1.33 bits per heavy atom. The molecule has 1 atom stereocenters. The van der Waals surface area contributed by atoms with Crippen LogP contribution in [0, 0.1) is 13.8 Å². The van der Waals surface area contributed by atoms with E-state index in [1.807, 2.05) is 13.0 Å². The first kappa shape index (κ1) is 15.1. The standard InChI is InChI=1S/C17H21N5O2/c1-12-8-13(2)22(19-12)9-15-4-3-6-21(15)10-16-18-17(20-24-16)14-5-7-23-11-14/h5,7-8,11,15H,3-4,6,9-10H2,1-2H3. The van der Waals surface area contributed by atoms with E-state index in [9.17, 15) is 0 Å². The molecule has 1 aliphatic heterocycles. The van der Waals surface area contributed by atoms with Crippen LogP contribution >= 0.6 is 0 Å². The fourth-order valence-electron chi connectivity index (χ4n) is 3.37. The highest BCUT2D eigenvalue weighted by molar-refractivity contribution is 5.51. The van der Waals surface area contributed by atoms with E-state index in [4.69, 9.17) is 8.94 Å². The van der Waals surface area contributed by atoms with Gasteiger partial charge in [-0.15, -0.1) is 0 Å². The third-order valence-electron chi connectivity index (χ3n) is 4.57. The molecule has 126 valence electrons. The summed E-state index contributed by atoms with van der Waals surface area (Å²) in [6, 6.07) is 4.40. The Bertz CT molecular complexity index is 805. The summed E-state index contributed by atoms with van der Waals surface area (Å²) in [6.07, 6.45) is 5.58. The molecule has 0 amide bonds. The van der Waals surface area contributed by atoms with Crippen LogP contribution in [0.15, 0.2) is 33.6 Å². The SMILES string of the molecule is Cc1cc(C)n(CC2CCCN2Cc2nc(-c3ccoc3)no2)n1. The van der Waals surface area contributed by atoms with Crippen LogP contribution in [0.2, 0.25) is 0 Å². The van der Waals surface area contributed by atoms with E-state index in [0.29, 0.717) is 24.3 Å².